The van der Waals surface area contributed by atoms with Crippen LogP contribution in [-0.2, 0) is 0 Å². The van der Waals surface area contributed by atoms with Crippen molar-refractivity contribution in [2.45, 2.75) is 4.90 Å². The van der Waals surface area contributed by atoms with Crippen LogP contribution < -0.4 is 5.32 Å². The number of benzene rings is 1. The number of thiophene rings is 1. The van der Waals surface area contributed by atoms with E-state index >= 15 is 0 Å². The van der Waals surface area contributed by atoms with Gasteiger partial charge in [-0.15, -0.1) is 0 Å². The van der Waals surface area contributed by atoms with Crippen molar-refractivity contribution in [2.24, 2.45) is 0 Å². The molecule has 0 atom stereocenters. The Morgan fingerprint density at radius 3 is 3.00 bits per heavy atom. The fourth-order valence-corrected chi connectivity index (χ4v) is 3.01. The van der Waals surface area contributed by atoms with Crippen molar-refractivity contribution in [1.29, 1.82) is 0 Å². The van der Waals surface area contributed by atoms with Crippen molar-refractivity contribution in [3.05, 3.63) is 41.1 Å². The molecule has 0 spiro atoms. The second-order valence-electron chi connectivity index (χ2n) is 3.58. The first-order chi connectivity index (χ1) is 8.81. The molecule has 2 N–H and O–H groups in total. The molecule has 2 aromatic heterocycles. The zero-order valence-corrected chi connectivity index (χ0v) is 10.8. The third-order valence-corrected chi connectivity index (χ3v) is 3.92. The number of hydrogen-bond acceptors (Lipinski definition) is 4. The van der Waals surface area contributed by atoms with E-state index in [2.05, 4.69) is 15.3 Å². The van der Waals surface area contributed by atoms with Gasteiger partial charge in [0.25, 0.3) is 5.24 Å². The predicted molar refractivity (Wildman–Crippen MR) is 75.3 cm³/mol. The molecule has 3 rings (SSSR count). The summed E-state index contributed by atoms with van der Waals surface area (Å²) in [4.78, 5) is 20.0. The quantitative estimate of drug-likeness (QED) is 0.696. The van der Waals surface area contributed by atoms with E-state index in [1.165, 1.54) is 0 Å². The van der Waals surface area contributed by atoms with E-state index in [4.69, 9.17) is 0 Å². The zero-order chi connectivity index (χ0) is 12.4. The van der Waals surface area contributed by atoms with Crippen molar-refractivity contribution in [3.63, 3.8) is 0 Å². The number of rotatable bonds is 2. The number of thioether (sulfide) groups is 1. The van der Waals surface area contributed by atoms with E-state index in [0.717, 1.165) is 27.7 Å². The number of anilines is 1. The molecule has 1 aromatic carbocycles. The van der Waals surface area contributed by atoms with Crippen LogP contribution in [0.5, 0.6) is 0 Å². The van der Waals surface area contributed by atoms with Crippen molar-refractivity contribution in [3.8, 4) is 0 Å². The fourth-order valence-electron chi connectivity index (χ4n) is 1.55. The Hall–Kier alpha value is -1.79. The second-order valence-corrected chi connectivity index (χ2v) is 5.40. The standard InChI is InChI=1S/C12H9N3OS2/c16-12(18-8-5-6-17-7-8)15-11-13-9-3-1-2-4-10(9)14-11/h1-7H,(H2,13,14,15,16). The van der Waals surface area contributed by atoms with Gasteiger partial charge in [-0.1, -0.05) is 12.1 Å². The summed E-state index contributed by atoms with van der Waals surface area (Å²) in [5.74, 6) is 0.476. The molecule has 18 heavy (non-hydrogen) atoms. The van der Waals surface area contributed by atoms with Crippen LogP contribution in [0, 0.1) is 0 Å². The molecular formula is C12H9N3OS2. The largest absolute Gasteiger partial charge is 0.324 e. The maximum Gasteiger partial charge on any atom is 0.290 e. The van der Waals surface area contributed by atoms with Crippen LogP contribution in [0.25, 0.3) is 11.0 Å². The van der Waals surface area contributed by atoms with Crippen LogP contribution in [-0.4, -0.2) is 15.2 Å². The summed E-state index contributed by atoms with van der Waals surface area (Å²) >= 11 is 2.72. The zero-order valence-electron chi connectivity index (χ0n) is 9.21. The van der Waals surface area contributed by atoms with Crippen molar-refractivity contribution in [1.82, 2.24) is 9.97 Å². The number of aromatic amines is 1. The van der Waals surface area contributed by atoms with Crippen LogP contribution in [0.4, 0.5) is 10.7 Å². The van der Waals surface area contributed by atoms with Gasteiger partial charge in [0.2, 0.25) is 5.95 Å². The number of imidazole rings is 1. The first-order valence-electron chi connectivity index (χ1n) is 5.27. The van der Waals surface area contributed by atoms with Crippen molar-refractivity contribution < 1.29 is 4.79 Å². The van der Waals surface area contributed by atoms with E-state index in [9.17, 15) is 4.79 Å². The normalized spacial score (nSPS) is 10.7. The minimum absolute atomic E-state index is 0.146. The summed E-state index contributed by atoms with van der Waals surface area (Å²) in [6.45, 7) is 0. The Morgan fingerprint density at radius 1 is 1.33 bits per heavy atom. The summed E-state index contributed by atoms with van der Waals surface area (Å²) in [6, 6.07) is 9.56. The second kappa shape index (κ2) is 4.83. The summed E-state index contributed by atoms with van der Waals surface area (Å²) in [5.41, 5.74) is 1.75. The molecule has 1 amide bonds. The number of nitrogens with one attached hydrogen (secondary N) is 2. The highest BCUT2D eigenvalue weighted by Crippen LogP contribution is 2.23. The number of amides is 1. The summed E-state index contributed by atoms with van der Waals surface area (Å²) < 4.78 is 0. The van der Waals surface area contributed by atoms with E-state index < -0.39 is 0 Å². The fraction of sp³-hybridized carbons (Fsp3) is 0. The Bertz CT molecular complexity index is 643. The Labute approximate surface area is 111 Å². The number of fused-ring (bicyclic) bond motifs is 1. The summed E-state index contributed by atoms with van der Waals surface area (Å²) in [7, 11) is 0. The molecule has 0 saturated heterocycles. The third kappa shape index (κ3) is 2.39. The topological polar surface area (TPSA) is 57.8 Å². The van der Waals surface area contributed by atoms with Gasteiger partial charge in [-0.3, -0.25) is 10.1 Å². The molecule has 0 aliphatic heterocycles. The maximum absolute atomic E-state index is 11.8. The summed E-state index contributed by atoms with van der Waals surface area (Å²) in [6.07, 6.45) is 0. The van der Waals surface area contributed by atoms with E-state index in [1.807, 2.05) is 41.1 Å². The van der Waals surface area contributed by atoms with E-state index in [1.54, 1.807) is 11.3 Å². The van der Waals surface area contributed by atoms with Gasteiger partial charge in [0.1, 0.15) is 0 Å². The van der Waals surface area contributed by atoms with Crippen molar-refractivity contribution >= 4 is 45.3 Å². The highest BCUT2D eigenvalue weighted by molar-refractivity contribution is 8.14. The van der Waals surface area contributed by atoms with Gasteiger partial charge in [0, 0.05) is 10.3 Å². The number of nitrogens with zero attached hydrogens (tertiary/aromatic N) is 1. The van der Waals surface area contributed by atoms with Gasteiger partial charge in [-0.05, 0) is 35.3 Å². The molecule has 0 unspecified atom stereocenters. The monoisotopic (exact) mass is 275 g/mol. The molecule has 0 aliphatic rings. The highest BCUT2D eigenvalue weighted by atomic mass is 32.2. The Balaban J connectivity index is 1.74. The number of aromatic nitrogens is 2. The molecular weight excluding hydrogens is 266 g/mol. The van der Waals surface area contributed by atoms with Gasteiger partial charge < -0.3 is 4.98 Å². The van der Waals surface area contributed by atoms with E-state index in [0.29, 0.717) is 5.95 Å². The van der Waals surface area contributed by atoms with Gasteiger partial charge in [-0.2, -0.15) is 11.3 Å². The molecule has 0 aliphatic carbocycles. The van der Waals surface area contributed by atoms with Crippen LogP contribution in [0.15, 0.2) is 46.0 Å². The molecule has 90 valence electrons. The van der Waals surface area contributed by atoms with Crippen LogP contribution >= 0.6 is 23.1 Å². The Morgan fingerprint density at radius 2 is 2.22 bits per heavy atom. The highest BCUT2D eigenvalue weighted by Gasteiger charge is 2.08. The molecule has 0 bridgehead atoms. The molecule has 3 aromatic rings. The SMILES string of the molecule is O=C(Nc1nc2ccccc2[nH]1)Sc1ccsc1. The summed E-state index contributed by atoms with van der Waals surface area (Å²) in [5, 5.41) is 6.46. The first kappa shape index (κ1) is 11.3. The molecule has 0 fully saturated rings. The van der Waals surface area contributed by atoms with Gasteiger partial charge in [0.15, 0.2) is 0 Å². The van der Waals surface area contributed by atoms with Crippen LogP contribution in [0.2, 0.25) is 0 Å². The Kier molecular flexibility index (Phi) is 3.04. The van der Waals surface area contributed by atoms with Crippen LogP contribution in [0.1, 0.15) is 0 Å². The number of hydrogen-bond donors (Lipinski definition) is 2. The smallest absolute Gasteiger partial charge is 0.290 e. The lowest BCUT2D eigenvalue weighted by atomic mass is 10.3. The maximum atomic E-state index is 11.8. The third-order valence-electron chi connectivity index (χ3n) is 2.32. The molecule has 0 saturated carbocycles. The number of H-pyrrole nitrogens is 1. The average Bonchev–Trinajstić information content (AvgIpc) is 2.96. The van der Waals surface area contributed by atoms with Gasteiger partial charge in [0.05, 0.1) is 11.0 Å². The minimum Gasteiger partial charge on any atom is -0.324 e. The lowest BCUT2D eigenvalue weighted by molar-refractivity contribution is 0.269. The van der Waals surface area contributed by atoms with Gasteiger partial charge in [-0.25, -0.2) is 4.98 Å². The molecule has 6 heteroatoms. The van der Waals surface area contributed by atoms with Gasteiger partial charge >= 0.3 is 0 Å². The average molecular weight is 275 g/mol. The number of carbonyl (C=O) groups excluding carboxylic acids is 1. The molecule has 0 radical (unpaired) electrons. The van der Waals surface area contributed by atoms with Crippen LogP contribution in [0.3, 0.4) is 0 Å². The first-order valence-corrected chi connectivity index (χ1v) is 7.03. The number of carbonyl (C=O) groups is 1. The van der Waals surface area contributed by atoms with E-state index in [-0.39, 0.29) is 5.24 Å². The lowest BCUT2D eigenvalue weighted by Gasteiger charge is -1.98. The molecule has 2 heterocycles. The number of para-hydroxylation sites is 2. The molecule has 4 nitrogen and oxygen atoms in total. The lowest BCUT2D eigenvalue weighted by Crippen LogP contribution is -2.05. The minimum atomic E-state index is -0.146. The predicted octanol–water partition coefficient (Wildman–Crippen LogP) is 3.95. The van der Waals surface area contributed by atoms with Crippen molar-refractivity contribution in [2.75, 3.05) is 5.32 Å².